The second kappa shape index (κ2) is 7.86. The Morgan fingerprint density at radius 2 is 1.90 bits per heavy atom. The molecule has 0 aromatic carbocycles. The Balaban J connectivity index is 0. The summed E-state index contributed by atoms with van der Waals surface area (Å²) < 4.78 is 4.00. The van der Waals surface area contributed by atoms with Gasteiger partial charge in [-0.05, 0) is 6.92 Å². The SMILES string of the molecule is CCOC(=O)C(=O)[O-].NN. The van der Waals surface area contributed by atoms with Crippen molar-refractivity contribution in [3.63, 3.8) is 0 Å². The predicted molar refractivity (Wildman–Crippen MR) is 30.0 cm³/mol. The fourth-order valence-electron chi connectivity index (χ4n) is 0.190. The number of carbonyl (C=O) groups is 2. The van der Waals surface area contributed by atoms with E-state index in [1.54, 1.807) is 0 Å². The number of ether oxygens (including phenoxy) is 1. The number of hydrazine groups is 1. The highest BCUT2D eigenvalue weighted by Crippen LogP contribution is 1.72. The van der Waals surface area contributed by atoms with E-state index in [9.17, 15) is 14.7 Å². The van der Waals surface area contributed by atoms with E-state index in [0.29, 0.717) is 0 Å². The summed E-state index contributed by atoms with van der Waals surface area (Å²) in [5.74, 6) is 4.89. The van der Waals surface area contributed by atoms with Gasteiger partial charge in [0.15, 0.2) is 5.97 Å². The molecule has 0 fully saturated rings. The Kier molecular flexibility index (Phi) is 9.14. The average molecular weight is 149 g/mol. The molecule has 0 saturated carbocycles. The smallest absolute Gasteiger partial charge is 0.354 e. The molecule has 60 valence electrons. The molecule has 6 heteroatoms. The summed E-state index contributed by atoms with van der Waals surface area (Å²) in [4.78, 5) is 19.4. The maximum Gasteiger partial charge on any atom is 0.354 e. The second-order valence-corrected chi connectivity index (χ2v) is 1.01. The lowest BCUT2D eigenvalue weighted by Crippen LogP contribution is -2.33. The molecule has 0 aromatic heterocycles. The van der Waals surface area contributed by atoms with E-state index in [2.05, 4.69) is 16.4 Å². The van der Waals surface area contributed by atoms with Crippen molar-refractivity contribution in [1.29, 1.82) is 0 Å². The lowest BCUT2D eigenvalue weighted by Gasteiger charge is -1.98. The van der Waals surface area contributed by atoms with Crippen LogP contribution in [0, 0.1) is 0 Å². The fourth-order valence-corrected chi connectivity index (χ4v) is 0.190. The van der Waals surface area contributed by atoms with Crippen LogP contribution in [0.3, 0.4) is 0 Å². The second-order valence-electron chi connectivity index (χ2n) is 1.01. The van der Waals surface area contributed by atoms with Crippen LogP contribution in [0.4, 0.5) is 0 Å². The van der Waals surface area contributed by atoms with Crippen LogP contribution in [0.5, 0.6) is 0 Å². The van der Waals surface area contributed by atoms with Gasteiger partial charge >= 0.3 is 5.97 Å². The minimum Gasteiger partial charge on any atom is -0.539 e. The summed E-state index contributed by atoms with van der Waals surface area (Å²) in [6.07, 6.45) is 0. The lowest BCUT2D eigenvalue weighted by molar-refractivity contribution is -0.303. The van der Waals surface area contributed by atoms with Crippen LogP contribution < -0.4 is 16.8 Å². The highest BCUT2D eigenvalue weighted by Gasteiger charge is 1.98. The van der Waals surface area contributed by atoms with Gasteiger partial charge in [-0.25, -0.2) is 4.79 Å². The molecule has 0 bridgehead atoms. The highest BCUT2D eigenvalue weighted by atomic mass is 16.6. The van der Waals surface area contributed by atoms with Crippen molar-refractivity contribution in [2.75, 3.05) is 6.61 Å². The zero-order chi connectivity index (χ0) is 8.57. The summed E-state index contributed by atoms with van der Waals surface area (Å²) in [6, 6.07) is 0. The van der Waals surface area contributed by atoms with E-state index in [1.807, 2.05) is 0 Å². The monoisotopic (exact) mass is 149 g/mol. The van der Waals surface area contributed by atoms with Crippen LogP contribution in [0.2, 0.25) is 0 Å². The molecule has 0 radical (unpaired) electrons. The van der Waals surface area contributed by atoms with Crippen molar-refractivity contribution in [3.8, 4) is 0 Å². The number of esters is 1. The zero-order valence-corrected chi connectivity index (χ0v) is 5.49. The molecule has 4 N–H and O–H groups in total. The topological polar surface area (TPSA) is 118 Å². The summed E-state index contributed by atoms with van der Waals surface area (Å²) >= 11 is 0. The van der Waals surface area contributed by atoms with Gasteiger partial charge in [-0.1, -0.05) is 0 Å². The molecule has 0 saturated heterocycles. The van der Waals surface area contributed by atoms with Crippen LogP contribution in [-0.2, 0) is 14.3 Å². The Bertz CT molecular complexity index is 114. The van der Waals surface area contributed by atoms with E-state index in [-0.39, 0.29) is 6.61 Å². The third-order valence-electron chi connectivity index (χ3n) is 0.442. The van der Waals surface area contributed by atoms with Gasteiger partial charge in [-0.3, -0.25) is 11.7 Å². The molecule has 0 aliphatic carbocycles. The number of hydrogen-bond acceptors (Lipinski definition) is 6. The van der Waals surface area contributed by atoms with Gasteiger partial charge in [0.25, 0.3) is 0 Å². The number of aliphatic carboxylic acids is 1. The van der Waals surface area contributed by atoms with E-state index < -0.39 is 11.9 Å². The summed E-state index contributed by atoms with van der Waals surface area (Å²) in [5, 5.41) is 9.50. The minimum absolute atomic E-state index is 0.0623. The molecule has 0 aliphatic heterocycles. The predicted octanol–water partition coefficient (Wildman–Crippen LogP) is -2.88. The summed E-state index contributed by atoms with van der Waals surface area (Å²) in [6.45, 7) is 1.58. The van der Waals surface area contributed by atoms with E-state index >= 15 is 0 Å². The normalized spacial score (nSPS) is 7.10. The third kappa shape index (κ3) is 6.86. The number of rotatable bonds is 1. The maximum atomic E-state index is 9.86. The Hall–Kier alpha value is -1.14. The standard InChI is InChI=1S/C4H6O4.H4N2/c1-2-8-4(7)3(5)6;1-2/h2H2,1H3,(H,5,6);1-2H2/p-1. The van der Waals surface area contributed by atoms with Crippen molar-refractivity contribution >= 4 is 11.9 Å². The first-order valence-electron chi connectivity index (χ1n) is 2.40. The molecule has 6 nitrogen and oxygen atoms in total. The van der Waals surface area contributed by atoms with Gasteiger partial charge < -0.3 is 14.6 Å². The molecular weight excluding hydrogens is 140 g/mol. The van der Waals surface area contributed by atoms with E-state index in [0.717, 1.165) is 0 Å². The molecular formula is C4H9N2O4-. The number of hydrogen-bond donors (Lipinski definition) is 2. The molecule has 10 heavy (non-hydrogen) atoms. The zero-order valence-electron chi connectivity index (χ0n) is 5.49. The maximum absolute atomic E-state index is 9.86. The van der Waals surface area contributed by atoms with Gasteiger partial charge in [0, 0.05) is 0 Å². The Labute approximate surface area is 57.7 Å². The largest absolute Gasteiger partial charge is 0.539 e. The summed E-state index contributed by atoms with van der Waals surface area (Å²) in [5.41, 5.74) is 0. The quantitative estimate of drug-likeness (QED) is 0.179. The van der Waals surface area contributed by atoms with Crippen molar-refractivity contribution in [2.24, 2.45) is 11.7 Å². The van der Waals surface area contributed by atoms with Crippen molar-refractivity contribution in [2.45, 2.75) is 6.92 Å². The van der Waals surface area contributed by atoms with E-state index in [4.69, 9.17) is 0 Å². The summed E-state index contributed by atoms with van der Waals surface area (Å²) in [7, 11) is 0. The molecule has 0 heterocycles. The van der Waals surface area contributed by atoms with Gasteiger partial charge in [0.2, 0.25) is 0 Å². The Morgan fingerprint density at radius 1 is 1.50 bits per heavy atom. The third-order valence-corrected chi connectivity index (χ3v) is 0.442. The van der Waals surface area contributed by atoms with Crippen molar-refractivity contribution < 1.29 is 19.4 Å². The number of carbonyl (C=O) groups excluding carboxylic acids is 2. The molecule has 0 aromatic rings. The first-order valence-corrected chi connectivity index (χ1v) is 2.40. The Morgan fingerprint density at radius 3 is 2.00 bits per heavy atom. The van der Waals surface area contributed by atoms with Crippen LogP contribution >= 0.6 is 0 Å². The minimum atomic E-state index is -1.80. The van der Waals surface area contributed by atoms with Gasteiger partial charge in [0.05, 0.1) is 6.61 Å². The number of carboxylic acid groups (broad SMARTS) is 1. The van der Waals surface area contributed by atoms with Crippen LogP contribution in [0.25, 0.3) is 0 Å². The first kappa shape index (κ1) is 11.6. The highest BCUT2D eigenvalue weighted by molar-refractivity contribution is 6.27. The van der Waals surface area contributed by atoms with E-state index in [1.165, 1.54) is 6.92 Å². The van der Waals surface area contributed by atoms with Gasteiger partial charge in [-0.2, -0.15) is 0 Å². The molecule has 0 atom stereocenters. The molecule has 0 amide bonds. The average Bonchev–Trinajstić information content (AvgIpc) is 1.93. The van der Waals surface area contributed by atoms with Crippen molar-refractivity contribution in [3.05, 3.63) is 0 Å². The fraction of sp³-hybridized carbons (Fsp3) is 0.500. The molecule has 0 unspecified atom stereocenters. The van der Waals surface area contributed by atoms with Gasteiger partial charge in [-0.15, -0.1) is 0 Å². The molecule has 0 aliphatic rings. The lowest BCUT2D eigenvalue weighted by atomic mass is 10.7. The van der Waals surface area contributed by atoms with Gasteiger partial charge in [0.1, 0.15) is 0 Å². The number of nitrogens with two attached hydrogens (primary N) is 2. The number of carboxylic acids is 1. The molecule has 0 spiro atoms. The van der Waals surface area contributed by atoms with Crippen molar-refractivity contribution in [1.82, 2.24) is 0 Å². The van der Waals surface area contributed by atoms with Crippen LogP contribution in [0.15, 0.2) is 0 Å². The molecule has 0 rings (SSSR count). The first-order chi connectivity index (χ1) is 4.68. The van der Waals surface area contributed by atoms with Crippen LogP contribution in [0.1, 0.15) is 6.92 Å². The van der Waals surface area contributed by atoms with Crippen LogP contribution in [-0.4, -0.2) is 18.5 Å².